The number of H-pyrrole nitrogens is 1. The zero-order valence-electron chi connectivity index (χ0n) is 13.7. The minimum absolute atomic E-state index is 0.121. The van der Waals surface area contributed by atoms with Crippen LogP contribution in [-0.4, -0.2) is 63.8 Å². The molecular weight excluding hydrogens is 342 g/mol. The van der Waals surface area contributed by atoms with Gasteiger partial charge in [-0.25, -0.2) is 0 Å². The molecule has 2 aromatic rings. The van der Waals surface area contributed by atoms with Crippen molar-refractivity contribution in [2.75, 3.05) is 26.0 Å². The first-order valence-corrected chi connectivity index (χ1v) is 9.00. The van der Waals surface area contributed by atoms with Crippen molar-refractivity contribution in [3.63, 3.8) is 0 Å². The zero-order valence-corrected chi connectivity index (χ0v) is 14.5. The molecule has 0 spiro atoms. The molecule has 7 nitrogen and oxygen atoms in total. The van der Waals surface area contributed by atoms with Crippen LogP contribution in [0.4, 0.5) is 4.79 Å². The number of hydrogen-bond acceptors (Lipinski definition) is 5. The lowest BCUT2D eigenvalue weighted by Crippen LogP contribution is -2.41. The van der Waals surface area contributed by atoms with Crippen LogP contribution in [-0.2, 0) is 4.79 Å². The number of carbonyl (C=O) groups is 3. The van der Waals surface area contributed by atoms with Crippen molar-refractivity contribution in [2.24, 2.45) is 0 Å². The molecule has 0 saturated carbocycles. The Morgan fingerprint density at radius 2 is 2.16 bits per heavy atom. The predicted octanol–water partition coefficient (Wildman–Crippen LogP) is 2.09. The Bertz CT molecular complexity index is 862. The first-order chi connectivity index (χ1) is 12.1. The van der Waals surface area contributed by atoms with E-state index >= 15 is 0 Å². The van der Waals surface area contributed by atoms with Crippen LogP contribution >= 0.6 is 11.8 Å². The summed E-state index contributed by atoms with van der Waals surface area (Å²) in [4.78, 5) is 42.6. The SMILES string of the molecule is COc1ccc2cc(C(=O)N3CCC(N4C(=O)CSC4=O)C3)[nH]c2c1. The fourth-order valence-electron chi connectivity index (χ4n) is 3.37. The Balaban J connectivity index is 1.52. The molecule has 1 aromatic carbocycles. The maximum Gasteiger partial charge on any atom is 0.289 e. The quantitative estimate of drug-likeness (QED) is 0.907. The van der Waals surface area contributed by atoms with E-state index in [2.05, 4.69) is 4.98 Å². The maximum absolute atomic E-state index is 12.8. The Morgan fingerprint density at radius 1 is 1.32 bits per heavy atom. The molecular formula is C17H17N3O4S. The molecule has 8 heteroatoms. The Kier molecular flexibility index (Phi) is 3.91. The summed E-state index contributed by atoms with van der Waals surface area (Å²) >= 11 is 1.03. The maximum atomic E-state index is 12.8. The number of nitrogens with zero attached hydrogens (tertiary/aromatic N) is 2. The van der Waals surface area contributed by atoms with Crippen LogP contribution in [0.3, 0.4) is 0 Å². The molecule has 2 saturated heterocycles. The van der Waals surface area contributed by atoms with Gasteiger partial charge in [0.25, 0.3) is 11.1 Å². The summed E-state index contributed by atoms with van der Waals surface area (Å²) in [6.45, 7) is 0.916. The lowest BCUT2D eigenvalue weighted by Gasteiger charge is -2.21. The molecule has 1 atom stereocenters. The fourth-order valence-corrected chi connectivity index (χ4v) is 4.15. The number of nitrogens with one attached hydrogen (secondary N) is 1. The van der Waals surface area contributed by atoms with Crippen LogP contribution in [0.5, 0.6) is 5.75 Å². The second-order valence-electron chi connectivity index (χ2n) is 6.15. The molecule has 4 rings (SSSR count). The predicted molar refractivity (Wildman–Crippen MR) is 93.9 cm³/mol. The van der Waals surface area contributed by atoms with Gasteiger partial charge in [-0.1, -0.05) is 11.8 Å². The van der Waals surface area contributed by atoms with Gasteiger partial charge in [-0.2, -0.15) is 0 Å². The first kappa shape index (κ1) is 16.0. The highest BCUT2D eigenvalue weighted by atomic mass is 32.2. The van der Waals surface area contributed by atoms with Crippen LogP contribution < -0.4 is 4.74 Å². The molecule has 1 unspecified atom stereocenters. The Hall–Kier alpha value is -2.48. The Morgan fingerprint density at radius 3 is 2.88 bits per heavy atom. The summed E-state index contributed by atoms with van der Waals surface area (Å²) in [5, 5.41) is 0.725. The van der Waals surface area contributed by atoms with Gasteiger partial charge in [0, 0.05) is 30.1 Å². The van der Waals surface area contributed by atoms with Crippen LogP contribution in [0, 0.1) is 0 Å². The molecule has 0 aliphatic carbocycles. The van der Waals surface area contributed by atoms with Crippen LogP contribution in [0.25, 0.3) is 10.9 Å². The van der Waals surface area contributed by atoms with Gasteiger partial charge in [0.05, 0.1) is 18.9 Å². The number of fused-ring (bicyclic) bond motifs is 1. The molecule has 2 fully saturated rings. The number of hydrogen-bond donors (Lipinski definition) is 1. The standard InChI is InChI=1S/C17H17N3O4S/c1-24-12-3-2-10-6-14(18-13(10)7-12)16(22)19-5-4-11(8-19)20-15(21)9-25-17(20)23/h2-3,6-7,11,18H,4-5,8-9H2,1H3. The van der Waals surface area contributed by atoms with Gasteiger partial charge in [-0.15, -0.1) is 0 Å². The number of benzene rings is 1. The number of likely N-dealkylation sites (tertiary alicyclic amines) is 1. The van der Waals surface area contributed by atoms with Gasteiger partial charge in [-0.05, 0) is 24.6 Å². The summed E-state index contributed by atoms with van der Waals surface area (Å²) < 4.78 is 5.20. The summed E-state index contributed by atoms with van der Waals surface area (Å²) in [6.07, 6.45) is 0.623. The number of thioether (sulfide) groups is 1. The van der Waals surface area contributed by atoms with Gasteiger partial charge >= 0.3 is 0 Å². The van der Waals surface area contributed by atoms with Gasteiger partial charge in [0.1, 0.15) is 11.4 Å². The van der Waals surface area contributed by atoms with E-state index in [0.29, 0.717) is 25.2 Å². The van der Waals surface area contributed by atoms with Crippen molar-refractivity contribution in [1.29, 1.82) is 0 Å². The monoisotopic (exact) mass is 359 g/mol. The molecule has 3 amide bonds. The number of amides is 3. The summed E-state index contributed by atoms with van der Waals surface area (Å²) in [6, 6.07) is 7.18. The van der Waals surface area contributed by atoms with Gasteiger partial charge in [0.2, 0.25) is 5.91 Å². The average Bonchev–Trinajstić information content (AvgIpc) is 3.32. The third-order valence-electron chi connectivity index (χ3n) is 4.66. The number of imide groups is 1. The summed E-state index contributed by atoms with van der Waals surface area (Å²) in [5.74, 6) is 0.641. The van der Waals surface area contributed by atoms with Crippen LogP contribution in [0.2, 0.25) is 0 Å². The second-order valence-corrected chi connectivity index (χ2v) is 7.07. The van der Waals surface area contributed by atoms with Crippen molar-refractivity contribution in [3.05, 3.63) is 30.0 Å². The molecule has 25 heavy (non-hydrogen) atoms. The van der Waals surface area contributed by atoms with Gasteiger partial charge < -0.3 is 14.6 Å². The topological polar surface area (TPSA) is 82.7 Å². The molecule has 2 aliphatic rings. The average molecular weight is 359 g/mol. The highest BCUT2D eigenvalue weighted by Crippen LogP contribution is 2.27. The van der Waals surface area contributed by atoms with Gasteiger partial charge in [-0.3, -0.25) is 19.3 Å². The van der Waals surface area contributed by atoms with Crippen LogP contribution in [0.1, 0.15) is 16.9 Å². The highest BCUT2D eigenvalue weighted by Gasteiger charge is 2.40. The zero-order chi connectivity index (χ0) is 17.6. The largest absolute Gasteiger partial charge is 0.497 e. The summed E-state index contributed by atoms with van der Waals surface area (Å²) in [7, 11) is 1.60. The van der Waals surface area contributed by atoms with E-state index < -0.39 is 0 Å². The van der Waals surface area contributed by atoms with Crippen molar-refractivity contribution < 1.29 is 19.1 Å². The summed E-state index contributed by atoms with van der Waals surface area (Å²) in [5.41, 5.74) is 1.33. The molecule has 0 bridgehead atoms. The number of ether oxygens (including phenoxy) is 1. The van der Waals surface area contributed by atoms with Crippen LogP contribution in [0.15, 0.2) is 24.3 Å². The minimum Gasteiger partial charge on any atom is -0.497 e. The van der Waals surface area contributed by atoms with Crippen molar-refractivity contribution >= 4 is 39.7 Å². The van der Waals surface area contributed by atoms with E-state index in [-0.39, 0.29) is 28.8 Å². The fraction of sp³-hybridized carbons (Fsp3) is 0.353. The van der Waals surface area contributed by atoms with Crippen molar-refractivity contribution in [3.8, 4) is 5.75 Å². The molecule has 1 N–H and O–H groups in total. The molecule has 130 valence electrons. The van der Waals surface area contributed by atoms with Crippen molar-refractivity contribution in [1.82, 2.24) is 14.8 Å². The van der Waals surface area contributed by atoms with E-state index in [9.17, 15) is 14.4 Å². The molecule has 2 aliphatic heterocycles. The molecule has 1 aromatic heterocycles. The lowest BCUT2D eigenvalue weighted by molar-refractivity contribution is -0.126. The third-order valence-corrected chi connectivity index (χ3v) is 5.50. The molecule has 3 heterocycles. The number of carbonyl (C=O) groups excluding carboxylic acids is 3. The second kappa shape index (κ2) is 6.11. The number of rotatable bonds is 3. The number of aromatic nitrogens is 1. The van der Waals surface area contributed by atoms with Gasteiger partial charge in [0.15, 0.2) is 0 Å². The minimum atomic E-state index is -0.219. The molecule has 0 radical (unpaired) electrons. The number of methoxy groups -OCH3 is 1. The lowest BCUT2D eigenvalue weighted by atomic mass is 10.2. The van der Waals surface area contributed by atoms with Crippen molar-refractivity contribution in [2.45, 2.75) is 12.5 Å². The third kappa shape index (κ3) is 2.76. The normalized spacial score (nSPS) is 20.8. The van der Waals surface area contributed by atoms with E-state index in [1.807, 2.05) is 24.3 Å². The van der Waals surface area contributed by atoms with E-state index in [1.165, 1.54) is 4.90 Å². The highest BCUT2D eigenvalue weighted by molar-refractivity contribution is 8.14. The first-order valence-electron chi connectivity index (χ1n) is 8.01. The number of aromatic amines is 1. The smallest absolute Gasteiger partial charge is 0.289 e. The van der Waals surface area contributed by atoms with E-state index in [1.54, 1.807) is 12.0 Å². The Labute approximate surface area is 148 Å². The van der Waals surface area contributed by atoms with E-state index in [4.69, 9.17) is 4.74 Å². The van der Waals surface area contributed by atoms with E-state index in [0.717, 1.165) is 28.4 Å².